The van der Waals surface area contributed by atoms with Crippen LogP contribution in [0.3, 0.4) is 0 Å². The monoisotopic (exact) mass is 748 g/mol. The topological polar surface area (TPSA) is 89.5 Å². The van der Waals surface area contributed by atoms with E-state index in [2.05, 4.69) is 37.4 Å². The van der Waals surface area contributed by atoms with Gasteiger partial charge in [-0.2, -0.15) is 0 Å². The van der Waals surface area contributed by atoms with Crippen LogP contribution in [0.25, 0.3) is 10.8 Å². The summed E-state index contributed by atoms with van der Waals surface area (Å²) in [5.41, 5.74) is 4.77. The van der Waals surface area contributed by atoms with E-state index in [1.54, 1.807) is 0 Å². The van der Waals surface area contributed by atoms with Crippen molar-refractivity contribution in [1.29, 1.82) is 0 Å². The minimum absolute atomic E-state index is 0.0507. The van der Waals surface area contributed by atoms with Crippen molar-refractivity contribution in [1.82, 2.24) is 0 Å². The van der Waals surface area contributed by atoms with E-state index < -0.39 is 24.1 Å². The highest BCUT2D eigenvalue weighted by Gasteiger charge is 2.18. The Labute approximate surface area is 327 Å². The minimum Gasteiger partial charge on any atom is -0.490 e. The molecule has 0 fully saturated rings. The molecule has 6 rings (SSSR count). The van der Waals surface area contributed by atoms with Crippen LogP contribution in [0.1, 0.15) is 22.3 Å². The summed E-state index contributed by atoms with van der Waals surface area (Å²) < 4.78 is 35.4. The Kier molecular flexibility index (Phi) is 13.9. The van der Waals surface area contributed by atoms with E-state index in [1.165, 1.54) is 11.1 Å². The van der Waals surface area contributed by atoms with Gasteiger partial charge in [-0.05, 0) is 89.0 Å². The highest BCUT2D eigenvalue weighted by Crippen LogP contribution is 2.29. The van der Waals surface area contributed by atoms with E-state index >= 15 is 0 Å². The van der Waals surface area contributed by atoms with Gasteiger partial charge in [0.15, 0.2) is 12.2 Å². The predicted octanol–water partition coefficient (Wildman–Crippen LogP) is 9.13. The Morgan fingerprint density at radius 1 is 0.464 bits per heavy atom. The Morgan fingerprint density at radius 2 is 0.893 bits per heavy atom. The summed E-state index contributed by atoms with van der Waals surface area (Å²) in [6, 6.07) is 47.4. The average molecular weight is 749 g/mol. The van der Waals surface area contributed by atoms with Crippen molar-refractivity contribution in [3.63, 3.8) is 0 Å². The van der Waals surface area contributed by atoms with Gasteiger partial charge in [0, 0.05) is 17.5 Å². The Balaban J connectivity index is 1.03. The smallest absolute Gasteiger partial charge is 0.330 e. The summed E-state index contributed by atoms with van der Waals surface area (Å²) in [5.74, 6) is 1.33. The number of hydrogen-bond acceptors (Lipinski definition) is 8. The van der Waals surface area contributed by atoms with Gasteiger partial charge >= 0.3 is 11.9 Å². The fraction of sp³-hybridized carbons (Fsp3) is 0.167. The fourth-order valence-electron chi connectivity index (χ4n) is 5.93. The number of fused-ring (bicyclic) bond motifs is 1. The van der Waals surface area contributed by atoms with Gasteiger partial charge in [-0.15, -0.1) is 0 Å². The molecule has 0 aliphatic heterocycles. The molecule has 0 aliphatic rings. The Hall–Kier alpha value is -6.80. The van der Waals surface area contributed by atoms with E-state index in [0.29, 0.717) is 23.0 Å². The molecule has 284 valence electrons. The number of esters is 2. The van der Waals surface area contributed by atoms with Crippen LogP contribution in [0.5, 0.6) is 23.0 Å². The van der Waals surface area contributed by atoms with Gasteiger partial charge in [-0.25, -0.2) is 9.59 Å². The van der Waals surface area contributed by atoms with Gasteiger partial charge in [0.2, 0.25) is 0 Å². The molecule has 0 saturated heterocycles. The SMILES string of the molecule is C=CC(=O)OC(COc1ccc(Cc2ccccc2)cc1)COc1ccc2c(OCC(COc3ccc(Cc4ccccc4)cc3)OC(=O)C=C)cccc2c1. The maximum absolute atomic E-state index is 12.2. The van der Waals surface area contributed by atoms with Crippen LogP contribution in [0.2, 0.25) is 0 Å². The molecular weight excluding hydrogens is 705 g/mol. The second-order valence-corrected chi connectivity index (χ2v) is 13.0. The van der Waals surface area contributed by atoms with E-state index in [1.807, 2.05) is 121 Å². The molecule has 2 unspecified atom stereocenters. The van der Waals surface area contributed by atoms with Crippen LogP contribution in [0.4, 0.5) is 0 Å². The van der Waals surface area contributed by atoms with Crippen LogP contribution in [-0.2, 0) is 31.9 Å². The molecular formula is C48H44O8. The van der Waals surface area contributed by atoms with Crippen molar-refractivity contribution >= 4 is 22.7 Å². The number of ether oxygens (including phenoxy) is 6. The summed E-state index contributed by atoms with van der Waals surface area (Å²) in [6.45, 7) is 7.32. The second-order valence-electron chi connectivity index (χ2n) is 13.0. The minimum atomic E-state index is -0.702. The van der Waals surface area contributed by atoms with Crippen molar-refractivity contribution in [2.45, 2.75) is 25.0 Å². The molecule has 0 heterocycles. The van der Waals surface area contributed by atoms with Gasteiger partial charge < -0.3 is 28.4 Å². The summed E-state index contributed by atoms with van der Waals surface area (Å²) in [7, 11) is 0. The van der Waals surface area contributed by atoms with Crippen molar-refractivity contribution in [3.05, 3.63) is 193 Å². The summed E-state index contributed by atoms with van der Waals surface area (Å²) in [4.78, 5) is 24.3. The zero-order valence-electron chi connectivity index (χ0n) is 31.1. The number of rotatable bonds is 20. The number of carbonyl (C=O) groups is 2. The molecule has 0 amide bonds. The zero-order valence-corrected chi connectivity index (χ0v) is 31.1. The van der Waals surface area contributed by atoms with E-state index in [0.717, 1.165) is 46.9 Å². The van der Waals surface area contributed by atoms with Crippen LogP contribution >= 0.6 is 0 Å². The summed E-state index contributed by atoms with van der Waals surface area (Å²) >= 11 is 0. The largest absolute Gasteiger partial charge is 0.490 e. The lowest BCUT2D eigenvalue weighted by atomic mass is 10.1. The molecule has 56 heavy (non-hydrogen) atoms. The van der Waals surface area contributed by atoms with Gasteiger partial charge in [0.25, 0.3) is 0 Å². The quantitative estimate of drug-likeness (QED) is 0.0565. The first-order valence-electron chi connectivity index (χ1n) is 18.4. The molecule has 6 aromatic rings. The molecule has 0 bridgehead atoms. The molecule has 0 saturated carbocycles. The molecule has 8 heteroatoms. The third-order valence-electron chi connectivity index (χ3n) is 8.79. The maximum Gasteiger partial charge on any atom is 0.330 e. The average Bonchev–Trinajstić information content (AvgIpc) is 3.24. The molecule has 0 N–H and O–H groups in total. The van der Waals surface area contributed by atoms with E-state index in [4.69, 9.17) is 28.4 Å². The Bertz CT molecular complexity index is 2180. The third kappa shape index (κ3) is 11.9. The van der Waals surface area contributed by atoms with Gasteiger partial charge in [0.05, 0.1) is 0 Å². The van der Waals surface area contributed by atoms with Gasteiger partial charge in [-0.1, -0.05) is 110 Å². The molecule has 0 radical (unpaired) electrons. The fourth-order valence-corrected chi connectivity index (χ4v) is 5.93. The standard InChI is InChI=1S/C48H44O8/c1-3-47(49)55-43(31-51-40-22-18-37(19-23-40)28-35-12-7-5-8-13-35)33-53-42-26-27-45-39(30-42)16-11-17-46(45)54-34-44(56-48(50)4-2)32-52-41-24-20-38(21-25-41)29-36-14-9-6-10-15-36/h3-27,30,43-44H,1-2,28-29,31-34H2. The van der Waals surface area contributed by atoms with E-state index in [9.17, 15) is 9.59 Å². The number of hydrogen-bond donors (Lipinski definition) is 0. The number of carbonyl (C=O) groups excluding carboxylic acids is 2. The first kappa shape index (κ1) is 38.9. The first-order chi connectivity index (χ1) is 27.4. The van der Waals surface area contributed by atoms with Gasteiger partial charge in [0.1, 0.15) is 49.4 Å². The molecule has 8 nitrogen and oxygen atoms in total. The Morgan fingerprint density at radius 3 is 1.38 bits per heavy atom. The lowest BCUT2D eigenvalue weighted by Gasteiger charge is -2.20. The lowest BCUT2D eigenvalue weighted by Crippen LogP contribution is -2.30. The molecule has 0 spiro atoms. The normalized spacial score (nSPS) is 11.8. The van der Waals surface area contributed by atoms with Gasteiger partial charge in [-0.3, -0.25) is 0 Å². The third-order valence-corrected chi connectivity index (χ3v) is 8.79. The van der Waals surface area contributed by atoms with Crippen LogP contribution in [-0.4, -0.2) is 50.6 Å². The van der Waals surface area contributed by atoms with Crippen molar-refractivity contribution in [2.24, 2.45) is 0 Å². The molecule has 2 atom stereocenters. The molecule has 0 aliphatic carbocycles. The highest BCUT2D eigenvalue weighted by molar-refractivity contribution is 5.89. The van der Waals surface area contributed by atoms with Crippen molar-refractivity contribution < 1.29 is 38.0 Å². The number of benzene rings is 6. The van der Waals surface area contributed by atoms with E-state index in [-0.39, 0.29) is 26.4 Å². The highest BCUT2D eigenvalue weighted by atomic mass is 16.6. The van der Waals surface area contributed by atoms with Crippen LogP contribution in [0, 0.1) is 0 Å². The predicted molar refractivity (Wildman–Crippen MR) is 217 cm³/mol. The van der Waals surface area contributed by atoms with Crippen LogP contribution < -0.4 is 18.9 Å². The first-order valence-corrected chi connectivity index (χ1v) is 18.4. The summed E-state index contributed by atoms with van der Waals surface area (Å²) in [5, 5.41) is 1.69. The van der Waals surface area contributed by atoms with Crippen molar-refractivity contribution in [3.8, 4) is 23.0 Å². The maximum atomic E-state index is 12.2. The molecule has 6 aromatic carbocycles. The summed E-state index contributed by atoms with van der Waals surface area (Å²) in [6.07, 6.45) is 2.47. The molecule has 0 aromatic heterocycles. The lowest BCUT2D eigenvalue weighted by molar-refractivity contribution is -0.147. The second kappa shape index (κ2) is 20.0. The zero-order chi connectivity index (χ0) is 39.0. The van der Waals surface area contributed by atoms with Crippen molar-refractivity contribution in [2.75, 3.05) is 26.4 Å². The van der Waals surface area contributed by atoms with Crippen LogP contribution in [0.15, 0.2) is 171 Å².